The van der Waals surface area contributed by atoms with Crippen LogP contribution in [-0.4, -0.2) is 42.7 Å². The summed E-state index contributed by atoms with van der Waals surface area (Å²) >= 11 is 0. The minimum atomic E-state index is -1.81. The predicted octanol–water partition coefficient (Wildman–Crippen LogP) is 0.869. The molecule has 1 aliphatic carbocycles. The van der Waals surface area contributed by atoms with Crippen molar-refractivity contribution >= 4 is 11.9 Å². The van der Waals surface area contributed by atoms with Crippen molar-refractivity contribution in [2.24, 2.45) is 0 Å². The number of methoxy groups -OCH3 is 1. The molecule has 0 fully saturated rings. The normalized spacial score (nSPS) is 25.4. The summed E-state index contributed by atoms with van der Waals surface area (Å²) in [5.41, 5.74) is 0.737. The summed E-state index contributed by atoms with van der Waals surface area (Å²) in [6.45, 7) is 2.69. The molecule has 0 aromatic rings. The van der Waals surface area contributed by atoms with E-state index in [0.717, 1.165) is 5.57 Å². The van der Waals surface area contributed by atoms with Crippen molar-refractivity contribution in [3.63, 3.8) is 0 Å². The lowest BCUT2D eigenvalue weighted by Gasteiger charge is -2.32. The van der Waals surface area contributed by atoms with Gasteiger partial charge in [-0.2, -0.15) is 0 Å². The van der Waals surface area contributed by atoms with Gasteiger partial charge in [0.1, 0.15) is 12.7 Å². The molecular formula is C14H18O6. The van der Waals surface area contributed by atoms with Crippen molar-refractivity contribution in [1.29, 1.82) is 0 Å². The maximum absolute atomic E-state index is 11.0. The molecular weight excluding hydrogens is 264 g/mol. The number of carbonyl (C=O) groups is 2. The minimum Gasteiger partial charge on any atom is -0.462 e. The highest BCUT2D eigenvalue weighted by Crippen LogP contribution is 2.25. The van der Waals surface area contributed by atoms with E-state index in [1.165, 1.54) is 27.0 Å². The molecule has 0 aliphatic heterocycles. The number of hydrogen-bond acceptors (Lipinski definition) is 6. The Morgan fingerprint density at radius 1 is 1.40 bits per heavy atom. The molecule has 0 saturated carbocycles. The number of carbonyl (C=O) groups excluding carboxylic acids is 2. The monoisotopic (exact) mass is 282 g/mol. The molecule has 6 nitrogen and oxygen atoms in total. The molecule has 0 amide bonds. The van der Waals surface area contributed by atoms with Gasteiger partial charge in [0.2, 0.25) is 0 Å². The summed E-state index contributed by atoms with van der Waals surface area (Å²) in [5.74, 6) is -2.78. The summed E-state index contributed by atoms with van der Waals surface area (Å²) < 4.78 is 14.7. The maximum Gasteiger partial charge on any atom is 0.305 e. The van der Waals surface area contributed by atoms with E-state index in [1.807, 2.05) is 0 Å². The van der Waals surface area contributed by atoms with E-state index in [0.29, 0.717) is 0 Å². The van der Waals surface area contributed by atoms with Gasteiger partial charge in [-0.3, -0.25) is 9.59 Å². The zero-order valence-electron chi connectivity index (χ0n) is 11.7. The van der Waals surface area contributed by atoms with Gasteiger partial charge < -0.3 is 19.3 Å². The summed E-state index contributed by atoms with van der Waals surface area (Å²) in [4.78, 5) is 21.6. The lowest BCUT2D eigenvalue weighted by Crippen LogP contribution is -2.45. The first-order valence-corrected chi connectivity index (χ1v) is 6.03. The molecule has 1 N–H and O–H groups in total. The Kier molecular flexibility index (Phi) is 5.66. The highest BCUT2D eigenvalue weighted by Gasteiger charge is 2.38. The summed E-state index contributed by atoms with van der Waals surface area (Å²) in [6, 6.07) is 0. The van der Waals surface area contributed by atoms with Crippen molar-refractivity contribution in [1.82, 2.24) is 0 Å². The number of esters is 2. The molecule has 0 aromatic carbocycles. The van der Waals surface area contributed by atoms with E-state index >= 15 is 0 Å². The average molecular weight is 282 g/mol. The number of hydrogen-bond donors (Lipinski definition) is 1. The van der Waals surface area contributed by atoms with E-state index < -0.39 is 17.9 Å². The van der Waals surface area contributed by atoms with Crippen LogP contribution in [0, 0.1) is 0 Å². The fourth-order valence-electron chi connectivity index (χ4n) is 1.68. The molecule has 20 heavy (non-hydrogen) atoms. The Balaban J connectivity index is 2.72. The topological polar surface area (TPSA) is 82.1 Å². The maximum atomic E-state index is 11.0. The third kappa shape index (κ3) is 4.64. The highest BCUT2D eigenvalue weighted by molar-refractivity contribution is 5.67. The summed E-state index contributed by atoms with van der Waals surface area (Å²) in [7, 11) is 1.40. The van der Waals surface area contributed by atoms with Crippen LogP contribution in [0.1, 0.15) is 13.8 Å². The zero-order valence-corrected chi connectivity index (χ0v) is 11.7. The number of rotatable bonds is 5. The molecule has 0 spiro atoms. The molecule has 1 rings (SSSR count). The molecule has 0 radical (unpaired) electrons. The zero-order chi connectivity index (χ0) is 15.2. The predicted molar refractivity (Wildman–Crippen MR) is 70.5 cm³/mol. The smallest absolute Gasteiger partial charge is 0.305 e. The van der Waals surface area contributed by atoms with Crippen LogP contribution in [0.15, 0.2) is 36.0 Å². The van der Waals surface area contributed by atoms with Crippen LogP contribution in [0.2, 0.25) is 0 Å². The van der Waals surface area contributed by atoms with Gasteiger partial charge in [-0.1, -0.05) is 12.2 Å². The lowest BCUT2D eigenvalue weighted by molar-refractivity contribution is -0.217. The Morgan fingerprint density at radius 2 is 2.10 bits per heavy atom. The van der Waals surface area contributed by atoms with Gasteiger partial charge in [-0.25, -0.2) is 0 Å². The molecule has 0 saturated heterocycles. The van der Waals surface area contributed by atoms with E-state index in [1.54, 1.807) is 24.3 Å². The van der Waals surface area contributed by atoms with Gasteiger partial charge >= 0.3 is 11.9 Å². The number of ether oxygens (including phenoxy) is 3. The molecule has 6 heteroatoms. The van der Waals surface area contributed by atoms with Gasteiger partial charge in [0.25, 0.3) is 5.79 Å². The van der Waals surface area contributed by atoms with Crippen LogP contribution >= 0.6 is 0 Å². The van der Waals surface area contributed by atoms with Crippen molar-refractivity contribution in [3.8, 4) is 0 Å². The van der Waals surface area contributed by atoms with Gasteiger partial charge in [0.15, 0.2) is 0 Å². The largest absolute Gasteiger partial charge is 0.462 e. The van der Waals surface area contributed by atoms with Crippen molar-refractivity contribution in [2.45, 2.75) is 25.7 Å². The Morgan fingerprint density at radius 3 is 2.65 bits per heavy atom. The Hall–Kier alpha value is -1.92. The Bertz CT molecular complexity index is 462. The van der Waals surface area contributed by atoms with E-state index in [-0.39, 0.29) is 12.6 Å². The van der Waals surface area contributed by atoms with Crippen LogP contribution < -0.4 is 0 Å². The second-order valence-electron chi connectivity index (χ2n) is 4.21. The molecule has 2 atom stereocenters. The van der Waals surface area contributed by atoms with E-state index in [2.05, 4.69) is 0 Å². The molecule has 2 unspecified atom stereocenters. The van der Waals surface area contributed by atoms with Gasteiger partial charge in [-0.05, 0) is 23.8 Å². The molecule has 1 aliphatic rings. The third-order valence-electron chi connectivity index (χ3n) is 2.52. The first-order chi connectivity index (χ1) is 9.37. The van der Waals surface area contributed by atoms with Gasteiger partial charge in [-0.15, -0.1) is 0 Å². The lowest BCUT2D eigenvalue weighted by atomic mass is 9.98. The molecule has 0 heterocycles. The fraction of sp³-hybridized carbons (Fsp3) is 0.429. The SMILES string of the molecule is COC1C=C(/C=C/COC(C)=O)C=CC1(O)OC(C)=O. The van der Waals surface area contributed by atoms with Crippen molar-refractivity contribution < 1.29 is 28.9 Å². The molecule has 0 bridgehead atoms. The number of allylic oxidation sites excluding steroid dienone is 3. The summed E-state index contributed by atoms with van der Waals surface area (Å²) in [6.07, 6.45) is 7.08. The quantitative estimate of drug-likeness (QED) is 0.595. The van der Waals surface area contributed by atoms with Crippen molar-refractivity contribution in [3.05, 3.63) is 36.0 Å². The van der Waals surface area contributed by atoms with E-state index in [4.69, 9.17) is 14.2 Å². The van der Waals surface area contributed by atoms with Gasteiger partial charge in [0, 0.05) is 21.0 Å². The second-order valence-corrected chi connectivity index (χ2v) is 4.21. The van der Waals surface area contributed by atoms with Crippen LogP contribution in [0.3, 0.4) is 0 Å². The van der Waals surface area contributed by atoms with Crippen LogP contribution in [0.25, 0.3) is 0 Å². The first-order valence-electron chi connectivity index (χ1n) is 6.03. The van der Waals surface area contributed by atoms with Crippen molar-refractivity contribution in [2.75, 3.05) is 13.7 Å². The summed E-state index contributed by atoms with van der Waals surface area (Å²) in [5, 5.41) is 10.2. The van der Waals surface area contributed by atoms with Crippen LogP contribution in [0.4, 0.5) is 0 Å². The van der Waals surface area contributed by atoms with Crippen LogP contribution in [-0.2, 0) is 23.8 Å². The molecule has 110 valence electrons. The Labute approximate surface area is 117 Å². The average Bonchev–Trinajstić information content (AvgIpc) is 2.35. The standard InChI is InChI=1S/C14H18O6/c1-10(15)19-8-4-5-12-6-7-14(17,20-11(2)16)13(9-12)18-3/h4-7,9,13,17H,8H2,1-3H3/b5-4+. The second kappa shape index (κ2) is 7.02. The number of aliphatic hydroxyl groups is 1. The van der Waals surface area contributed by atoms with Crippen LogP contribution in [0.5, 0.6) is 0 Å². The fourth-order valence-corrected chi connectivity index (χ4v) is 1.68. The minimum absolute atomic E-state index is 0.159. The highest BCUT2D eigenvalue weighted by atomic mass is 16.7. The first kappa shape index (κ1) is 16.1. The van der Waals surface area contributed by atoms with Gasteiger partial charge in [0.05, 0.1) is 0 Å². The molecule has 0 aromatic heterocycles. The van der Waals surface area contributed by atoms with E-state index in [9.17, 15) is 14.7 Å². The third-order valence-corrected chi connectivity index (χ3v) is 2.52.